The highest BCUT2D eigenvalue weighted by atomic mass is 16.2. The van der Waals surface area contributed by atoms with E-state index in [1.54, 1.807) is 24.3 Å². The molecular weight excluding hydrogens is 340 g/mol. The molecule has 0 radical (unpaired) electrons. The molecule has 0 spiro atoms. The number of nitrogen functional groups attached to an aromatic ring is 1. The van der Waals surface area contributed by atoms with E-state index in [4.69, 9.17) is 5.73 Å². The summed E-state index contributed by atoms with van der Waals surface area (Å²) >= 11 is 0. The van der Waals surface area contributed by atoms with E-state index in [0.29, 0.717) is 17.9 Å². The van der Waals surface area contributed by atoms with Gasteiger partial charge in [-0.1, -0.05) is 29.8 Å². The van der Waals surface area contributed by atoms with E-state index in [-0.39, 0.29) is 5.57 Å². The highest BCUT2D eigenvalue weighted by Crippen LogP contribution is 2.18. The molecule has 0 aromatic heterocycles. The van der Waals surface area contributed by atoms with Crippen LogP contribution in [0.15, 0.2) is 60.3 Å². The van der Waals surface area contributed by atoms with Gasteiger partial charge >= 0.3 is 0 Å². The molecule has 2 aromatic rings. The lowest BCUT2D eigenvalue weighted by molar-refractivity contribution is -0.123. The van der Waals surface area contributed by atoms with Gasteiger partial charge in [-0.3, -0.25) is 9.59 Å². The van der Waals surface area contributed by atoms with Crippen LogP contribution in [0.5, 0.6) is 0 Å². The van der Waals surface area contributed by atoms with Crippen molar-refractivity contribution in [1.82, 2.24) is 5.32 Å². The Balaban J connectivity index is 2.08. The molecule has 0 aliphatic carbocycles. The highest BCUT2D eigenvalue weighted by Gasteiger charge is 2.23. The van der Waals surface area contributed by atoms with Crippen LogP contribution < -0.4 is 16.0 Å². The number of nitrogens with one attached hydrogen (secondary N) is 1. The predicted octanol–water partition coefficient (Wildman–Crippen LogP) is 2.70. The van der Waals surface area contributed by atoms with E-state index in [9.17, 15) is 14.9 Å². The van der Waals surface area contributed by atoms with Gasteiger partial charge < -0.3 is 11.1 Å². The Bertz CT molecular complexity index is 895. The van der Waals surface area contributed by atoms with E-state index in [1.165, 1.54) is 18.7 Å². The molecule has 0 fully saturated rings. The molecule has 0 atom stereocenters. The molecule has 6 nitrogen and oxygen atoms in total. The Morgan fingerprint density at radius 1 is 1.22 bits per heavy atom. The number of carbonyl (C=O) groups is 2. The molecule has 27 heavy (non-hydrogen) atoms. The summed E-state index contributed by atoms with van der Waals surface area (Å²) in [6.45, 7) is 3.86. The second kappa shape index (κ2) is 9.20. The Labute approximate surface area is 158 Å². The first kappa shape index (κ1) is 19.7. The van der Waals surface area contributed by atoms with Gasteiger partial charge in [-0.2, -0.15) is 5.26 Å². The average Bonchev–Trinajstić information content (AvgIpc) is 2.63. The number of nitrogens with zero attached hydrogens (tertiary/aromatic N) is 2. The summed E-state index contributed by atoms with van der Waals surface area (Å²) in [5.74, 6) is -1.16. The zero-order valence-electron chi connectivity index (χ0n) is 15.4. The zero-order chi connectivity index (χ0) is 19.8. The number of hydrogen-bond donors (Lipinski definition) is 2. The van der Waals surface area contributed by atoms with Crippen LogP contribution >= 0.6 is 0 Å². The van der Waals surface area contributed by atoms with Gasteiger partial charge in [0, 0.05) is 25.4 Å². The summed E-state index contributed by atoms with van der Waals surface area (Å²) in [4.78, 5) is 25.6. The maximum atomic E-state index is 12.7. The summed E-state index contributed by atoms with van der Waals surface area (Å²) in [6.07, 6.45) is 2.10. The van der Waals surface area contributed by atoms with Crippen molar-refractivity contribution in [1.29, 1.82) is 5.26 Å². The number of hydrogen-bond acceptors (Lipinski definition) is 5. The molecule has 2 rings (SSSR count). The largest absolute Gasteiger partial charge is 0.399 e. The fraction of sp³-hybridized carbons (Fsp3) is 0.190. The minimum absolute atomic E-state index is 0.147. The molecule has 0 aliphatic heterocycles. The minimum Gasteiger partial charge on any atom is -0.399 e. The van der Waals surface area contributed by atoms with Crippen molar-refractivity contribution in [3.63, 3.8) is 0 Å². The van der Waals surface area contributed by atoms with E-state index in [0.717, 1.165) is 16.9 Å². The van der Waals surface area contributed by atoms with Gasteiger partial charge in [0.2, 0.25) is 5.91 Å². The molecule has 0 bridgehead atoms. The van der Waals surface area contributed by atoms with Gasteiger partial charge in [0.15, 0.2) is 0 Å². The van der Waals surface area contributed by atoms with Crippen LogP contribution in [0.25, 0.3) is 0 Å². The van der Waals surface area contributed by atoms with Crippen molar-refractivity contribution < 1.29 is 9.59 Å². The van der Waals surface area contributed by atoms with Crippen molar-refractivity contribution >= 4 is 23.2 Å². The summed E-state index contributed by atoms with van der Waals surface area (Å²) in [6, 6.07) is 16.3. The molecule has 6 heteroatoms. The number of carbonyl (C=O) groups excluding carboxylic acids is 2. The Hall–Kier alpha value is -3.59. The van der Waals surface area contributed by atoms with Crippen LogP contribution in [0, 0.1) is 18.3 Å². The lowest BCUT2D eigenvalue weighted by atomic mass is 10.1. The fourth-order valence-electron chi connectivity index (χ4n) is 2.59. The maximum Gasteiger partial charge on any atom is 0.277 e. The first-order chi connectivity index (χ1) is 12.9. The number of benzene rings is 2. The SMILES string of the molecule is CC(=O)N(C(=O)/C(C#N)=C\NCCc1cccc(C)c1)c1ccc(N)cc1. The van der Waals surface area contributed by atoms with Crippen molar-refractivity contribution in [2.75, 3.05) is 17.2 Å². The number of imide groups is 1. The van der Waals surface area contributed by atoms with Gasteiger partial charge in [-0.05, 0) is 43.2 Å². The van der Waals surface area contributed by atoms with Crippen LogP contribution in [0.3, 0.4) is 0 Å². The van der Waals surface area contributed by atoms with Gasteiger partial charge in [0.25, 0.3) is 5.91 Å². The third-order valence-corrected chi connectivity index (χ3v) is 3.91. The lowest BCUT2D eigenvalue weighted by Crippen LogP contribution is -2.36. The van der Waals surface area contributed by atoms with Crippen molar-refractivity contribution in [2.45, 2.75) is 20.3 Å². The quantitative estimate of drug-likeness (QED) is 0.356. The predicted molar refractivity (Wildman–Crippen MR) is 106 cm³/mol. The summed E-state index contributed by atoms with van der Waals surface area (Å²) in [5.41, 5.74) is 8.71. The van der Waals surface area contributed by atoms with Gasteiger partial charge in [0.1, 0.15) is 11.6 Å². The molecule has 0 aliphatic rings. The summed E-state index contributed by atoms with van der Waals surface area (Å²) in [7, 11) is 0. The Kier molecular flexibility index (Phi) is 6.73. The van der Waals surface area contributed by atoms with Gasteiger partial charge in [-0.15, -0.1) is 0 Å². The van der Waals surface area contributed by atoms with E-state index in [1.807, 2.05) is 31.2 Å². The first-order valence-electron chi connectivity index (χ1n) is 8.52. The molecule has 0 heterocycles. The minimum atomic E-state index is -0.683. The molecule has 138 valence electrons. The summed E-state index contributed by atoms with van der Waals surface area (Å²) in [5, 5.41) is 12.3. The summed E-state index contributed by atoms with van der Waals surface area (Å²) < 4.78 is 0. The van der Waals surface area contributed by atoms with Crippen LogP contribution in [0.1, 0.15) is 18.1 Å². The normalized spacial score (nSPS) is 10.8. The first-order valence-corrected chi connectivity index (χ1v) is 8.52. The fourth-order valence-corrected chi connectivity index (χ4v) is 2.59. The van der Waals surface area contributed by atoms with Crippen LogP contribution in [-0.4, -0.2) is 18.4 Å². The molecule has 0 unspecified atom stereocenters. The third kappa shape index (κ3) is 5.44. The monoisotopic (exact) mass is 362 g/mol. The molecular formula is C21H22N4O2. The van der Waals surface area contributed by atoms with Crippen LogP contribution in [0.2, 0.25) is 0 Å². The van der Waals surface area contributed by atoms with E-state index >= 15 is 0 Å². The lowest BCUT2D eigenvalue weighted by Gasteiger charge is -2.19. The third-order valence-electron chi connectivity index (χ3n) is 3.91. The molecule has 2 aromatic carbocycles. The number of nitrogens with two attached hydrogens (primary N) is 1. The maximum absolute atomic E-state index is 12.7. The van der Waals surface area contributed by atoms with Crippen LogP contribution in [-0.2, 0) is 16.0 Å². The standard InChI is InChI=1S/C21H22N4O2/c1-15-4-3-5-17(12-15)10-11-24-14-18(13-22)21(27)25(16(2)26)20-8-6-19(23)7-9-20/h3-9,12,14,24H,10-11,23H2,1-2H3/b18-14-. The molecule has 0 saturated heterocycles. The number of anilines is 2. The molecule has 3 N–H and O–H groups in total. The van der Waals surface area contributed by atoms with E-state index in [2.05, 4.69) is 11.4 Å². The second-order valence-electron chi connectivity index (χ2n) is 6.11. The van der Waals surface area contributed by atoms with Crippen LogP contribution in [0.4, 0.5) is 11.4 Å². The Morgan fingerprint density at radius 3 is 2.52 bits per heavy atom. The van der Waals surface area contributed by atoms with Crippen molar-refractivity contribution in [3.8, 4) is 6.07 Å². The van der Waals surface area contributed by atoms with Gasteiger partial charge in [-0.25, -0.2) is 4.90 Å². The topological polar surface area (TPSA) is 99.2 Å². The number of nitriles is 1. The number of rotatable bonds is 6. The smallest absolute Gasteiger partial charge is 0.277 e. The van der Waals surface area contributed by atoms with Crippen molar-refractivity contribution in [2.24, 2.45) is 0 Å². The Morgan fingerprint density at radius 2 is 1.93 bits per heavy atom. The molecule has 0 saturated carbocycles. The van der Waals surface area contributed by atoms with E-state index < -0.39 is 11.8 Å². The molecule has 2 amide bonds. The highest BCUT2D eigenvalue weighted by molar-refractivity contribution is 6.21. The zero-order valence-corrected chi connectivity index (χ0v) is 15.4. The van der Waals surface area contributed by atoms with Crippen molar-refractivity contribution in [3.05, 3.63) is 71.4 Å². The number of amides is 2. The van der Waals surface area contributed by atoms with Gasteiger partial charge in [0.05, 0.1) is 5.69 Å². The number of aryl methyl sites for hydroxylation is 1. The second-order valence-corrected chi connectivity index (χ2v) is 6.11. The average molecular weight is 362 g/mol.